The first-order chi connectivity index (χ1) is 14.1. The molecule has 0 N–H and O–H groups in total. The molecule has 1 aliphatic rings. The number of fused-ring (bicyclic) bond motifs is 1. The van der Waals surface area contributed by atoms with E-state index in [1.165, 1.54) is 4.31 Å². The molecule has 29 heavy (non-hydrogen) atoms. The number of carbonyl (C=O) groups excluding carboxylic acids is 1. The maximum absolute atomic E-state index is 13.0. The summed E-state index contributed by atoms with van der Waals surface area (Å²) in [5, 5.41) is 0. The van der Waals surface area contributed by atoms with E-state index < -0.39 is 10.0 Å². The molecule has 1 amide bonds. The van der Waals surface area contributed by atoms with E-state index in [4.69, 9.17) is 4.74 Å². The fourth-order valence-corrected chi connectivity index (χ4v) is 5.41. The highest BCUT2D eigenvalue weighted by atomic mass is 32.2. The first-order valence-electron chi connectivity index (χ1n) is 9.23. The van der Waals surface area contributed by atoms with Crippen molar-refractivity contribution in [2.45, 2.75) is 11.3 Å². The Hall–Kier alpha value is -2.56. The molecular formula is C19H20N4O4S2. The second kappa shape index (κ2) is 8.44. The molecule has 0 aliphatic carbocycles. The zero-order valence-electron chi connectivity index (χ0n) is 15.6. The van der Waals surface area contributed by atoms with Gasteiger partial charge in [0.25, 0.3) is 0 Å². The van der Waals surface area contributed by atoms with Gasteiger partial charge in [0.15, 0.2) is 0 Å². The molecule has 0 atom stereocenters. The molecule has 0 spiro atoms. The van der Waals surface area contributed by atoms with Gasteiger partial charge in [0, 0.05) is 26.2 Å². The third-order valence-corrected chi connectivity index (χ3v) is 7.26. The highest BCUT2D eigenvalue weighted by molar-refractivity contribution is 7.89. The van der Waals surface area contributed by atoms with Crippen LogP contribution in [0.1, 0.15) is 6.42 Å². The minimum atomic E-state index is -3.69. The normalized spacial score (nSPS) is 15.5. The molecule has 4 rings (SSSR count). The molecular weight excluding hydrogens is 412 g/mol. The maximum Gasteiger partial charge on any atom is 0.245 e. The van der Waals surface area contributed by atoms with Gasteiger partial charge in [0.1, 0.15) is 21.7 Å². The van der Waals surface area contributed by atoms with Crippen LogP contribution in [0.4, 0.5) is 0 Å². The summed E-state index contributed by atoms with van der Waals surface area (Å²) >= 11 is 0.992. The summed E-state index contributed by atoms with van der Waals surface area (Å²) in [4.78, 5) is 14.3. The summed E-state index contributed by atoms with van der Waals surface area (Å²) < 4.78 is 41.3. The van der Waals surface area contributed by atoms with E-state index >= 15 is 0 Å². The largest absolute Gasteiger partial charge is 0.493 e. The maximum atomic E-state index is 13.0. The fraction of sp³-hybridized carbons (Fsp3) is 0.316. The van der Waals surface area contributed by atoms with Crippen LogP contribution in [0.5, 0.6) is 5.75 Å². The third kappa shape index (κ3) is 4.24. The molecule has 1 aliphatic heterocycles. The van der Waals surface area contributed by atoms with E-state index in [0.717, 1.165) is 17.5 Å². The van der Waals surface area contributed by atoms with Crippen molar-refractivity contribution in [3.63, 3.8) is 0 Å². The molecule has 1 aromatic heterocycles. The SMILES string of the molecule is O=C(CCOc1ccccc1)N1CCN(S(=O)(=O)c2cccc3nsnc23)CC1. The van der Waals surface area contributed by atoms with Crippen molar-refractivity contribution >= 4 is 38.7 Å². The van der Waals surface area contributed by atoms with Gasteiger partial charge in [-0.3, -0.25) is 4.79 Å². The molecule has 8 nitrogen and oxygen atoms in total. The first kappa shape index (κ1) is 19.7. The van der Waals surface area contributed by atoms with Crippen LogP contribution in [-0.2, 0) is 14.8 Å². The van der Waals surface area contributed by atoms with Crippen molar-refractivity contribution in [2.75, 3.05) is 32.8 Å². The molecule has 0 saturated carbocycles. The van der Waals surface area contributed by atoms with E-state index in [1.54, 1.807) is 23.1 Å². The number of piperazine rings is 1. The number of rotatable bonds is 6. The number of ether oxygens (including phenoxy) is 1. The number of amides is 1. The number of hydrogen-bond acceptors (Lipinski definition) is 7. The Kier molecular flexibility index (Phi) is 5.74. The standard InChI is InChI=1S/C19H20N4O4S2/c24-18(9-14-27-15-5-2-1-3-6-15)22-10-12-23(13-11-22)29(25,26)17-8-4-7-16-19(17)21-28-20-16/h1-8H,9-14H2. The lowest BCUT2D eigenvalue weighted by atomic mass is 10.3. The van der Waals surface area contributed by atoms with Crippen molar-refractivity contribution < 1.29 is 17.9 Å². The van der Waals surface area contributed by atoms with Crippen LogP contribution in [0, 0.1) is 0 Å². The Labute approximate surface area is 173 Å². The first-order valence-corrected chi connectivity index (χ1v) is 11.4. The van der Waals surface area contributed by atoms with E-state index in [1.807, 2.05) is 30.3 Å². The second-order valence-corrected chi connectivity index (χ2v) is 9.02. The Morgan fingerprint density at radius 2 is 1.76 bits per heavy atom. The average Bonchev–Trinajstić information content (AvgIpc) is 3.23. The van der Waals surface area contributed by atoms with Gasteiger partial charge in [-0.05, 0) is 24.3 Å². The lowest BCUT2D eigenvalue weighted by Crippen LogP contribution is -2.50. The fourth-order valence-electron chi connectivity index (χ4n) is 3.24. The molecule has 2 aromatic carbocycles. The van der Waals surface area contributed by atoms with Gasteiger partial charge < -0.3 is 9.64 Å². The monoisotopic (exact) mass is 432 g/mol. The number of hydrogen-bond donors (Lipinski definition) is 0. The average molecular weight is 433 g/mol. The van der Waals surface area contributed by atoms with Crippen LogP contribution in [0.3, 0.4) is 0 Å². The molecule has 0 unspecified atom stereocenters. The van der Waals surface area contributed by atoms with Crippen molar-refractivity contribution in [2.24, 2.45) is 0 Å². The summed E-state index contributed by atoms with van der Waals surface area (Å²) in [7, 11) is -3.69. The number of sulfonamides is 1. The van der Waals surface area contributed by atoms with Gasteiger partial charge in [0.2, 0.25) is 15.9 Å². The van der Waals surface area contributed by atoms with Crippen LogP contribution < -0.4 is 4.74 Å². The van der Waals surface area contributed by atoms with E-state index in [2.05, 4.69) is 8.75 Å². The Bertz CT molecular complexity index is 1090. The van der Waals surface area contributed by atoms with Gasteiger partial charge in [-0.25, -0.2) is 8.42 Å². The Balaban J connectivity index is 1.34. The van der Waals surface area contributed by atoms with Crippen molar-refractivity contribution in [1.82, 2.24) is 18.0 Å². The highest BCUT2D eigenvalue weighted by Crippen LogP contribution is 2.25. The smallest absolute Gasteiger partial charge is 0.245 e. The van der Waals surface area contributed by atoms with Crippen molar-refractivity contribution in [3.05, 3.63) is 48.5 Å². The Morgan fingerprint density at radius 3 is 2.52 bits per heavy atom. The zero-order chi connectivity index (χ0) is 20.3. The van der Waals surface area contributed by atoms with Crippen molar-refractivity contribution in [3.8, 4) is 5.75 Å². The summed E-state index contributed by atoms with van der Waals surface area (Å²) in [5.41, 5.74) is 0.970. The molecule has 2 heterocycles. The summed E-state index contributed by atoms with van der Waals surface area (Å²) in [6, 6.07) is 14.3. The summed E-state index contributed by atoms with van der Waals surface area (Å²) in [6.07, 6.45) is 0.255. The lowest BCUT2D eigenvalue weighted by Gasteiger charge is -2.34. The minimum Gasteiger partial charge on any atom is -0.493 e. The van der Waals surface area contributed by atoms with Crippen LogP contribution in [0.25, 0.3) is 11.0 Å². The van der Waals surface area contributed by atoms with Crippen LogP contribution in [0.15, 0.2) is 53.4 Å². The van der Waals surface area contributed by atoms with Crippen LogP contribution in [0.2, 0.25) is 0 Å². The predicted octanol–water partition coefficient (Wildman–Crippen LogP) is 1.99. The van der Waals surface area contributed by atoms with E-state index in [9.17, 15) is 13.2 Å². The van der Waals surface area contributed by atoms with Gasteiger partial charge in [-0.15, -0.1) is 0 Å². The number of aromatic nitrogens is 2. The third-order valence-electron chi connectivity index (χ3n) is 4.79. The van der Waals surface area contributed by atoms with Gasteiger partial charge in [-0.1, -0.05) is 24.3 Å². The van der Waals surface area contributed by atoms with Crippen LogP contribution >= 0.6 is 11.7 Å². The molecule has 1 fully saturated rings. The van der Waals surface area contributed by atoms with E-state index in [-0.39, 0.29) is 30.3 Å². The van der Waals surface area contributed by atoms with Crippen LogP contribution in [-0.4, -0.2) is 65.1 Å². The molecule has 0 bridgehead atoms. The molecule has 10 heteroatoms. The number of nitrogens with zero attached hydrogens (tertiary/aromatic N) is 4. The minimum absolute atomic E-state index is 0.0382. The van der Waals surface area contributed by atoms with E-state index in [0.29, 0.717) is 30.7 Å². The summed E-state index contributed by atoms with van der Waals surface area (Å²) in [6.45, 7) is 1.51. The lowest BCUT2D eigenvalue weighted by molar-refractivity contribution is -0.132. The highest BCUT2D eigenvalue weighted by Gasteiger charge is 2.31. The summed E-state index contributed by atoms with van der Waals surface area (Å²) in [5.74, 6) is 0.686. The van der Waals surface area contributed by atoms with Gasteiger partial charge in [-0.2, -0.15) is 13.1 Å². The van der Waals surface area contributed by atoms with Crippen molar-refractivity contribution in [1.29, 1.82) is 0 Å². The van der Waals surface area contributed by atoms with Gasteiger partial charge in [0.05, 0.1) is 24.8 Å². The quantitative estimate of drug-likeness (QED) is 0.592. The topological polar surface area (TPSA) is 92.7 Å². The number of benzene rings is 2. The number of para-hydroxylation sites is 1. The van der Waals surface area contributed by atoms with Gasteiger partial charge >= 0.3 is 0 Å². The molecule has 0 radical (unpaired) electrons. The second-order valence-electron chi connectivity index (χ2n) is 6.58. The number of carbonyl (C=O) groups is 1. The zero-order valence-corrected chi connectivity index (χ0v) is 17.2. The molecule has 152 valence electrons. The Morgan fingerprint density at radius 1 is 1.00 bits per heavy atom. The molecule has 1 saturated heterocycles. The predicted molar refractivity (Wildman–Crippen MR) is 109 cm³/mol. The molecule has 3 aromatic rings.